The normalized spacial score (nSPS) is 10.3. The fourth-order valence-corrected chi connectivity index (χ4v) is 2.02. The maximum atomic E-state index is 11.9. The van der Waals surface area contributed by atoms with Gasteiger partial charge < -0.3 is 5.73 Å². The largest absolute Gasteiger partial charge is 0.399 e. The van der Waals surface area contributed by atoms with Crippen LogP contribution in [0.5, 0.6) is 0 Å². The lowest BCUT2D eigenvalue weighted by Crippen LogP contribution is -2.06. The van der Waals surface area contributed by atoms with Crippen molar-refractivity contribution in [3.8, 4) is 0 Å². The van der Waals surface area contributed by atoms with Crippen LogP contribution in [0.25, 0.3) is 0 Å². The lowest BCUT2D eigenvalue weighted by molar-refractivity contribution is -0.117. The van der Waals surface area contributed by atoms with Crippen molar-refractivity contribution in [1.82, 2.24) is 0 Å². The van der Waals surface area contributed by atoms with E-state index in [4.69, 9.17) is 5.73 Å². The number of rotatable bonds is 4. The average Bonchev–Trinajstić information content (AvgIpc) is 2.35. The fourth-order valence-electron chi connectivity index (χ4n) is 1.76. The second-order valence-corrected chi connectivity index (χ2v) is 5.18. The monoisotopic (exact) mass is 303 g/mol. The zero-order valence-electron chi connectivity index (χ0n) is 9.90. The molecule has 2 aromatic rings. The molecule has 0 bridgehead atoms. The number of nitrogens with two attached hydrogens (primary N) is 1. The molecule has 0 fully saturated rings. The van der Waals surface area contributed by atoms with E-state index in [2.05, 4.69) is 15.9 Å². The van der Waals surface area contributed by atoms with Crippen LogP contribution in [0, 0.1) is 0 Å². The average molecular weight is 304 g/mol. The summed E-state index contributed by atoms with van der Waals surface area (Å²) in [7, 11) is 0. The van der Waals surface area contributed by atoms with Crippen LogP contribution in [0.15, 0.2) is 53.0 Å². The van der Waals surface area contributed by atoms with E-state index in [1.165, 1.54) is 0 Å². The molecule has 18 heavy (non-hydrogen) atoms. The van der Waals surface area contributed by atoms with Crippen LogP contribution in [-0.2, 0) is 17.6 Å². The van der Waals surface area contributed by atoms with Gasteiger partial charge in [-0.15, -0.1) is 0 Å². The molecule has 0 saturated carbocycles. The number of hydrogen-bond acceptors (Lipinski definition) is 2. The molecule has 0 aliphatic carbocycles. The van der Waals surface area contributed by atoms with Crippen molar-refractivity contribution < 1.29 is 4.79 Å². The Morgan fingerprint density at radius 1 is 0.889 bits per heavy atom. The van der Waals surface area contributed by atoms with Gasteiger partial charge in [-0.25, -0.2) is 0 Å². The van der Waals surface area contributed by atoms with Crippen LogP contribution in [0.3, 0.4) is 0 Å². The van der Waals surface area contributed by atoms with Crippen LogP contribution in [-0.4, -0.2) is 5.78 Å². The van der Waals surface area contributed by atoms with E-state index in [1.54, 1.807) is 0 Å². The van der Waals surface area contributed by atoms with Gasteiger partial charge >= 0.3 is 0 Å². The van der Waals surface area contributed by atoms with Crippen LogP contribution in [0.1, 0.15) is 11.1 Å². The van der Waals surface area contributed by atoms with Gasteiger partial charge in [-0.2, -0.15) is 0 Å². The molecule has 2 aromatic carbocycles. The molecule has 0 unspecified atom stereocenters. The minimum atomic E-state index is 0.210. The Morgan fingerprint density at radius 3 is 1.83 bits per heavy atom. The van der Waals surface area contributed by atoms with Crippen molar-refractivity contribution in [3.63, 3.8) is 0 Å². The highest BCUT2D eigenvalue weighted by molar-refractivity contribution is 9.10. The molecule has 2 rings (SSSR count). The number of nitrogen functional groups attached to an aromatic ring is 1. The molecule has 0 aliphatic rings. The van der Waals surface area contributed by atoms with Crippen LogP contribution >= 0.6 is 15.9 Å². The number of hydrogen-bond donors (Lipinski definition) is 1. The van der Waals surface area contributed by atoms with Gasteiger partial charge in [0.05, 0.1) is 0 Å². The Balaban J connectivity index is 1.96. The van der Waals surface area contributed by atoms with Gasteiger partial charge in [-0.05, 0) is 35.4 Å². The summed E-state index contributed by atoms with van der Waals surface area (Å²) in [4.78, 5) is 11.9. The summed E-state index contributed by atoms with van der Waals surface area (Å²) in [5, 5.41) is 0. The van der Waals surface area contributed by atoms with Crippen molar-refractivity contribution in [2.24, 2.45) is 0 Å². The minimum Gasteiger partial charge on any atom is -0.399 e. The SMILES string of the molecule is Nc1ccc(CC(=O)Cc2ccc(Br)cc2)cc1. The van der Waals surface area contributed by atoms with E-state index < -0.39 is 0 Å². The van der Waals surface area contributed by atoms with E-state index in [0.717, 1.165) is 21.3 Å². The second kappa shape index (κ2) is 5.83. The number of carbonyl (C=O) groups excluding carboxylic acids is 1. The number of Topliss-reactive ketones (excluding diaryl/α,β-unsaturated/α-hetero) is 1. The summed E-state index contributed by atoms with van der Waals surface area (Å²) < 4.78 is 1.03. The Bertz CT molecular complexity index is 482. The topological polar surface area (TPSA) is 43.1 Å². The van der Waals surface area contributed by atoms with E-state index in [0.29, 0.717) is 12.8 Å². The molecule has 0 aromatic heterocycles. The first-order valence-corrected chi connectivity index (χ1v) is 6.53. The number of anilines is 1. The second-order valence-electron chi connectivity index (χ2n) is 4.26. The predicted molar refractivity (Wildman–Crippen MR) is 77.4 cm³/mol. The molecule has 0 aliphatic heterocycles. The third-order valence-electron chi connectivity index (χ3n) is 2.70. The summed E-state index contributed by atoms with van der Waals surface area (Å²) in [6.45, 7) is 0. The zero-order chi connectivity index (χ0) is 13.0. The van der Waals surface area contributed by atoms with Gasteiger partial charge in [-0.1, -0.05) is 40.2 Å². The fraction of sp³-hybridized carbons (Fsp3) is 0.133. The number of carbonyl (C=O) groups is 1. The maximum absolute atomic E-state index is 11.9. The quantitative estimate of drug-likeness (QED) is 0.880. The lowest BCUT2D eigenvalue weighted by atomic mass is 10.0. The van der Waals surface area contributed by atoms with Crippen molar-refractivity contribution in [2.75, 3.05) is 5.73 Å². The maximum Gasteiger partial charge on any atom is 0.141 e. The zero-order valence-corrected chi connectivity index (χ0v) is 11.5. The molecule has 0 radical (unpaired) electrons. The molecule has 0 amide bonds. The lowest BCUT2D eigenvalue weighted by Gasteiger charge is -2.03. The Hall–Kier alpha value is -1.61. The molecule has 0 heterocycles. The van der Waals surface area contributed by atoms with Gasteiger partial charge in [0.2, 0.25) is 0 Å². The highest BCUT2D eigenvalue weighted by atomic mass is 79.9. The van der Waals surface area contributed by atoms with Gasteiger partial charge in [0, 0.05) is 23.0 Å². The minimum absolute atomic E-state index is 0.210. The third kappa shape index (κ3) is 3.70. The molecular weight excluding hydrogens is 290 g/mol. The number of halogens is 1. The van der Waals surface area contributed by atoms with Gasteiger partial charge in [0.25, 0.3) is 0 Å². The molecule has 3 heteroatoms. The van der Waals surface area contributed by atoms with Crippen LogP contribution in [0.4, 0.5) is 5.69 Å². The molecule has 2 N–H and O–H groups in total. The van der Waals surface area contributed by atoms with Crippen molar-refractivity contribution in [3.05, 3.63) is 64.1 Å². The Morgan fingerprint density at radius 2 is 1.33 bits per heavy atom. The Kier molecular flexibility index (Phi) is 4.15. The first-order chi connectivity index (χ1) is 8.63. The highest BCUT2D eigenvalue weighted by Crippen LogP contribution is 2.12. The molecule has 92 valence electrons. The van der Waals surface area contributed by atoms with Crippen LogP contribution in [0.2, 0.25) is 0 Å². The standard InChI is InChI=1S/C15H14BrNO/c16-13-5-1-11(2-6-13)9-15(18)10-12-3-7-14(17)8-4-12/h1-8H,9-10,17H2. The summed E-state index contributed by atoms with van der Waals surface area (Å²) in [6.07, 6.45) is 0.925. The van der Waals surface area contributed by atoms with Gasteiger partial charge in [-0.3, -0.25) is 4.79 Å². The highest BCUT2D eigenvalue weighted by Gasteiger charge is 2.05. The third-order valence-corrected chi connectivity index (χ3v) is 3.22. The summed E-state index contributed by atoms with van der Waals surface area (Å²) in [5.41, 5.74) is 8.37. The molecular formula is C15H14BrNO. The summed E-state index contributed by atoms with van der Waals surface area (Å²) in [6, 6.07) is 15.3. The van der Waals surface area contributed by atoms with Crippen molar-refractivity contribution >= 4 is 27.4 Å². The van der Waals surface area contributed by atoms with E-state index in [1.807, 2.05) is 48.5 Å². The molecule has 0 saturated heterocycles. The summed E-state index contributed by atoms with van der Waals surface area (Å²) >= 11 is 3.38. The first kappa shape index (κ1) is 12.8. The van der Waals surface area contributed by atoms with Gasteiger partial charge in [0.1, 0.15) is 5.78 Å². The summed E-state index contributed by atoms with van der Waals surface area (Å²) in [5.74, 6) is 0.210. The van der Waals surface area contributed by atoms with E-state index in [-0.39, 0.29) is 5.78 Å². The Labute approximate surface area is 115 Å². The van der Waals surface area contributed by atoms with Crippen molar-refractivity contribution in [2.45, 2.75) is 12.8 Å². The first-order valence-electron chi connectivity index (χ1n) is 5.74. The van der Waals surface area contributed by atoms with Crippen molar-refractivity contribution in [1.29, 1.82) is 0 Å². The van der Waals surface area contributed by atoms with Crippen LogP contribution < -0.4 is 5.73 Å². The van der Waals surface area contributed by atoms with E-state index in [9.17, 15) is 4.79 Å². The van der Waals surface area contributed by atoms with E-state index >= 15 is 0 Å². The van der Waals surface area contributed by atoms with Gasteiger partial charge in [0.15, 0.2) is 0 Å². The predicted octanol–water partition coefficient (Wildman–Crippen LogP) is 3.39. The molecule has 2 nitrogen and oxygen atoms in total. The number of ketones is 1. The molecule has 0 atom stereocenters. The molecule has 0 spiro atoms. The smallest absolute Gasteiger partial charge is 0.141 e. The number of benzene rings is 2.